The number of nitrogens with zero attached hydrogens (tertiary/aromatic N) is 3. The second kappa shape index (κ2) is 6.39. The van der Waals surface area contributed by atoms with Crippen molar-refractivity contribution in [3.05, 3.63) is 12.4 Å². The topological polar surface area (TPSA) is 56.7 Å². The molecule has 0 aliphatic carbocycles. The van der Waals surface area contributed by atoms with Crippen LogP contribution < -0.4 is 5.73 Å². The van der Waals surface area contributed by atoms with Gasteiger partial charge in [0.25, 0.3) is 0 Å². The maximum atomic E-state index is 5.37. The first-order valence-electron chi connectivity index (χ1n) is 2.90. The molecule has 0 bridgehead atoms. The van der Waals surface area contributed by atoms with E-state index in [0.717, 1.165) is 0 Å². The van der Waals surface area contributed by atoms with Crippen LogP contribution in [0.1, 0.15) is 13.0 Å². The molecule has 1 aromatic rings. The van der Waals surface area contributed by atoms with Crippen molar-refractivity contribution < 1.29 is 0 Å². The van der Waals surface area contributed by atoms with Crippen molar-refractivity contribution >= 4 is 24.8 Å². The van der Waals surface area contributed by atoms with E-state index < -0.39 is 0 Å². The molecule has 6 heteroatoms. The lowest BCUT2D eigenvalue weighted by Crippen LogP contribution is -2.16. The van der Waals surface area contributed by atoms with Gasteiger partial charge in [0.1, 0.15) is 0 Å². The van der Waals surface area contributed by atoms with Gasteiger partial charge in [0.2, 0.25) is 0 Å². The normalized spacial score (nSPS) is 11.1. The molecule has 0 amide bonds. The fourth-order valence-electron chi connectivity index (χ4n) is 0.560. The zero-order valence-corrected chi connectivity index (χ0v) is 7.81. The lowest BCUT2D eigenvalue weighted by atomic mass is 10.4. The SMILES string of the molecule is C[C@H](CN)n1ccnn1.Cl.Cl. The molecule has 0 aliphatic rings. The van der Waals surface area contributed by atoms with Crippen LogP contribution in [0.3, 0.4) is 0 Å². The molecule has 11 heavy (non-hydrogen) atoms. The van der Waals surface area contributed by atoms with Gasteiger partial charge in [0.05, 0.1) is 12.2 Å². The molecule has 0 aromatic carbocycles. The Balaban J connectivity index is 0. The summed E-state index contributed by atoms with van der Waals surface area (Å²) in [5.41, 5.74) is 5.37. The molecular weight excluding hydrogens is 187 g/mol. The number of rotatable bonds is 2. The van der Waals surface area contributed by atoms with Gasteiger partial charge >= 0.3 is 0 Å². The molecule has 0 fully saturated rings. The van der Waals surface area contributed by atoms with Crippen molar-refractivity contribution in [2.45, 2.75) is 13.0 Å². The summed E-state index contributed by atoms with van der Waals surface area (Å²) in [6.45, 7) is 2.60. The Kier molecular flexibility index (Phi) is 7.72. The van der Waals surface area contributed by atoms with E-state index in [-0.39, 0.29) is 30.9 Å². The molecule has 1 atom stereocenters. The van der Waals surface area contributed by atoms with Gasteiger partial charge in [0.15, 0.2) is 0 Å². The Labute approximate surface area is 78.0 Å². The lowest BCUT2D eigenvalue weighted by Gasteiger charge is -2.05. The summed E-state index contributed by atoms with van der Waals surface area (Å²) in [6.07, 6.45) is 3.45. The number of hydrogen-bond acceptors (Lipinski definition) is 3. The smallest absolute Gasteiger partial charge is 0.0693 e. The first kappa shape index (κ1) is 13.3. The Bertz CT molecular complexity index is 165. The van der Waals surface area contributed by atoms with Crippen molar-refractivity contribution in [3.63, 3.8) is 0 Å². The Hall–Kier alpha value is -0.320. The summed E-state index contributed by atoms with van der Waals surface area (Å²) in [4.78, 5) is 0. The monoisotopic (exact) mass is 198 g/mol. The highest BCUT2D eigenvalue weighted by Gasteiger charge is 1.99. The average molecular weight is 199 g/mol. The number of aromatic nitrogens is 3. The van der Waals surface area contributed by atoms with Crippen LogP contribution in [0, 0.1) is 0 Å². The van der Waals surface area contributed by atoms with Crippen molar-refractivity contribution in [1.82, 2.24) is 15.0 Å². The average Bonchev–Trinajstić information content (AvgIpc) is 2.37. The molecule has 0 radical (unpaired) electrons. The predicted octanol–water partition coefficient (Wildman–Crippen LogP) is 0.641. The largest absolute Gasteiger partial charge is 0.328 e. The summed E-state index contributed by atoms with van der Waals surface area (Å²) < 4.78 is 1.74. The van der Waals surface area contributed by atoms with E-state index in [1.165, 1.54) is 0 Å². The van der Waals surface area contributed by atoms with Gasteiger partial charge in [-0.15, -0.1) is 29.9 Å². The van der Waals surface area contributed by atoms with Crippen molar-refractivity contribution in [3.8, 4) is 0 Å². The molecule has 0 saturated carbocycles. The van der Waals surface area contributed by atoms with Crippen LogP contribution in [-0.2, 0) is 0 Å². The third kappa shape index (κ3) is 3.55. The maximum Gasteiger partial charge on any atom is 0.0693 e. The number of hydrogen-bond donors (Lipinski definition) is 1. The van der Waals surface area contributed by atoms with E-state index >= 15 is 0 Å². The fourth-order valence-corrected chi connectivity index (χ4v) is 0.560. The molecule has 1 heterocycles. The van der Waals surface area contributed by atoms with E-state index in [9.17, 15) is 0 Å². The first-order chi connectivity index (χ1) is 4.34. The minimum absolute atomic E-state index is 0. The van der Waals surface area contributed by atoms with Crippen LogP contribution in [0.5, 0.6) is 0 Å². The zero-order chi connectivity index (χ0) is 6.69. The quantitative estimate of drug-likeness (QED) is 0.760. The Morgan fingerprint density at radius 1 is 1.55 bits per heavy atom. The van der Waals surface area contributed by atoms with Crippen molar-refractivity contribution in [2.24, 2.45) is 5.73 Å². The van der Waals surface area contributed by atoms with Gasteiger partial charge in [0, 0.05) is 12.7 Å². The highest BCUT2D eigenvalue weighted by molar-refractivity contribution is 5.85. The van der Waals surface area contributed by atoms with Crippen LogP contribution in [0.15, 0.2) is 12.4 Å². The standard InChI is InChI=1S/C5H10N4.2ClH/c1-5(4-6)9-3-2-7-8-9;;/h2-3,5H,4,6H2,1H3;2*1H/t5-;;/m1../s1. The van der Waals surface area contributed by atoms with Crippen LogP contribution >= 0.6 is 24.8 Å². The number of nitrogens with two attached hydrogens (primary N) is 1. The zero-order valence-electron chi connectivity index (χ0n) is 6.17. The van der Waals surface area contributed by atoms with Gasteiger partial charge in [-0.3, -0.25) is 0 Å². The summed E-state index contributed by atoms with van der Waals surface area (Å²) in [7, 11) is 0. The summed E-state index contributed by atoms with van der Waals surface area (Å²) >= 11 is 0. The van der Waals surface area contributed by atoms with Gasteiger partial charge in [-0.25, -0.2) is 4.68 Å². The molecule has 0 aliphatic heterocycles. The maximum absolute atomic E-state index is 5.37. The summed E-state index contributed by atoms with van der Waals surface area (Å²) in [5.74, 6) is 0. The first-order valence-corrected chi connectivity index (χ1v) is 2.90. The van der Waals surface area contributed by atoms with Crippen molar-refractivity contribution in [2.75, 3.05) is 6.54 Å². The Morgan fingerprint density at radius 2 is 2.18 bits per heavy atom. The van der Waals surface area contributed by atoms with Gasteiger partial charge in [-0.2, -0.15) is 0 Å². The highest BCUT2D eigenvalue weighted by atomic mass is 35.5. The van der Waals surface area contributed by atoms with Crippen molar-refractivity contribution in [1.29, 1.82) is 0 Å². The van der Waals surface area contributed by atoms with Gasteiger partial charge in [-0.05, 0) is 6.92 Å². The van der Waals surface area contributed by atoms with Crippen LogP contribution in [0.4, 0.5) is 0 Å². The van der Waals surface area contributed by atoms with E-state index in [0.29, 0.717) is 6.54 Å². The molecule has 1 rings (SSSR count). The summed E-state index contributed by atoms with van der Waals surface area (Å²) in [5, 5.41) is 7.42. The molecule has 0 unspecified atom stereocenters. The molecule has 4 nitrogen and oxygen atoms in total. The minimum Gasteiger partial charge on any atom is -0.328 e. The molecule has 0 spiro atoms. The summed E-state index contributed by atoms with van der Waals surface area (Å²) in [6, 6.07) is 0.257. The molecule has 66 valence electrons. The van der Waals surface area contributed by atoms with Gasteiger partial charge in [-0.1, -0.05) is 5.21 Å². The predicted molar refractivity (Wildman–Crippen MR) is 48.3 cm³/mol. The lowest BCUT2D eigenvalue weighted by molar-refractivity contribution is 0.485. The van der Waals surface area contributed by atoms with Gasteiger partial charge < -0.3 is 5.73 Å². The van der Waals surface area contributed by atoms with E-state index in [2.05, 4.69) is 10.3 Å². The molecular formula is C5H12Cl2N4. The molecule has 0 saturated heterocycles. The van der Waals surface area contributed by atoms with Crippen LogP contribution in [0.2, 0.25) is 0 Å². The molecule has 1 aromatic heterocycles. The fraction of sp³-hybridized carbons (Fsp3) is 0.600. The number of halogens is 2. The Morgan fingerprint density at radius 3 is 2.55 bits per heavy atom. The van der Waals surface area contributed by atoms with Crippen LogP contribution in [-0.4, -0.2) is 21.5 Å². The minimum atomic E-state index is 0. The second-order valence-electron chi connectivity index (χ2n) is 1.97. The van der Waals surface area contributed by atoms with E-state index in [4.69, 9.17) is 5.73 Å². The van der Waals surface area contributed by atoms with E-state index in [1.54, 1.807) is 17.1 Å². The second-order valence-corrected chi connectivity index (χ2v) is 1.97. The molecule has 2 N–H and O–H groups in total. The highest BCUT2D eigenvalue weighted by Crippen LogP contribution is 1.96. The van der Waals surface area contributed by atoms with Crippen LogP contribution in [0.25, 0.3) is 0 Å². The third-order valence-electron chi connectivity index (χ3n) is 1.23. The van der Waals surface area contributed by atoms with E-state index in [1.807, 2.05) is 6.92 Å². The third-order valence-corrected chi connectivity index (χ3v) is 1.23.